The van der Waals surface area contributed by atoms with Crippen LogP contribution in [0.25, 0.3) is 0 Å². The summed E-state index contributed by atoms with van der Waals surface area (Å²) in [5.41, 5.74) is -4.05. The quantitative estimate of drug-likeness (QED) is 0.0443. The van der Waals surface area contributed by atoms with Gasteiger partial charge in [-0.3, -0.25) is 4.79 Å². The van der Waals surface area contributed by atoms with Crippen molar-refractivity contribution < 1.29 is 148 Å². The first-order valence-corrected chi connectivity index (χ1v) is 33.1. The van der Waals surface area contributed by atoms with Crippen LogP contribution in [0.1, 0.15) is 113 Å². The van der Waals surface area contributed by atoms with Crippen molar-refractivity contribution in [3.05, 3.63) is 11.6 Å². The van der Waals surface area contributed by atoms with Crippen molar-refractivity contribution in [2.45, 2.75) is 291 Å². The van der Waals surface area contributed by atoms with Crippen LogP contribution in [0.5, 0.6) is 0 Å². The summed E-state index contributed by atoms with van der Waals surface area (Å²) in [6.45, 7) is 13.6. The van der Waals surface area contributed by atoms with Crippen LogP contribution in [0.4, 0.5) is 0 Å². The minimum absolute atomic E-state index is 0.00383. The van der Waals surface area contributed by atoms with Gasteiger partial charge in [-0.05, 0) is 111 Å². The number of allylic oxidation sites excluding steroid dienone is 1. The highest BCUT2D eigenvalue weighted by Crippen LogP contribution is 2.76. The van der Waals surface area contributed by atoms with Crippen LogP contribution in [-0.4, -0.2) is 303 Å². The Balaban J connectivity index is 0.857. The van der Waals surface area contributed by atoms with Gasteiger partial charge in [0.25, 0.3) is 0 Å². The van der Waals surface area contributed by atoms with E-state index in [-0.39, 0.29) is 36.0 Å². The van der Waals surface area contributed by atoms with Crippen LogP contribution in [-0.2, 0) is 61.6 Å². The summed E-state index contributed by atoms with van der Waals surface area (Å²) in [5, 5.41) is 186. The Morgan fingerprint density at radius 2 is 1.08 bits per heavy atom. The standard InChI is InChI=1S/C63H102O30/c1-24-11-16-63(57(80)93-56-48(91-53-45(78)40(73)35(68)25(2)86-53)42(75)39(72)31(88-56)23-85-51-43(76)36(69)27(65)20-82-51)18-17-60(6)26(50(63)62(24,8)81)9-10-33-59(5)14-13-34(58(3,4)32(59)12-15-61(33,60)7)89-55-49(92-52-44(77)37(70)28(66)21-83-52)47(29(67)22-84-55)90-54-46(79)41(74)38(71)30(19-64)87-54/h9,24-25,27-56,64-79,81H,10-23H2,1-8H3/t24-,25+,27-,28+,29+,30-,31-,32-,33-,34+,35+,36+,37+,38-,39-,40-,41+,42+,43-,44-,45-,46-,47+,48-,49-,50+,51+,52+,53+,54+,55+,56+,59+,60-,61-,62-,63+/m1/s1. The second kappa shape index (κ2) is 26.9. The Labute approximate surface area is 539 Å². The van der Waals surface area contributed by atoms with E-state index in [9.17, 15) is 86.8 Å². The molecule has 4 saturated carbocycles. The third-order valence-electron chi connectivity index (χ3n) is 24.8. The zero-order chi connectivity index (χ0) is 67.7. The minimum atomic E-state index is -1.98. The number of fused-ring (bicyclic) bond motifs is 7. The van der Waals surface area contributed by atoms with E-state index in [0.717, 1.165) is 5.57 Å². The smallest absolute Gasteiger partial charge is 0.315 e. The first-order chi connectivity index (χ1) is 43.6. The fourth-order valence-electron chi connectivity index (χ4n) is 18.7. The molecule has 30 nitrogen and oxygen atoms in total. The predicted molar refractivity (Wildman–Crippen MR) is 310 cm³/mol. The van der Waals surface area contributed by atoms with Gasteiger partial charge in [-0.15, -0.1) is 0 Å². The highest BCUT2D eigenvalue weighted by molar-refractivity contribution is 5.79. The largest absolute Gasteiger partial charge is 0.432 e. The summed E-state index contributed by atoms with van der Waals surface area (Å²) in [6, 6.07) is 0. The van der Waals surface area contributed by atoms with Gasteiger partial charge in [0.15, 0.2) is 37.6 Å². The maximum absolute atomic E-state index is 15.8. The lowest BCUT2D eigenvalue weighted by molar-refractivity contribution is -0.384. The molecule has 10 fully saturated rings. The Morgan fingerprint density at radius 1 is 0.516 bits per heavy atom. The van der Waals surface area contributed by atoms with Gasteiger partial charge in [0, 0.05) is 5.92 Å². The molecule has 6 aliphatic heterocycles. The Bertz CT molecular complexity index is 2620. The molecule has 11 rings (SSSR count). The molecule has 0 amide bonds. The van der Waals surface area contributed by atoms with Gasteiger partial charge in [0.2, 0.25) is 6.29 Å². The molecule has 5 aliphatic carbocycles. The fourth-order valence-corrected chi connectivity index (χ4v) is 18.7. The van der Waals surface area contributed by atoms with Crippen molar-refractivity contribution in [2.75, 3.05) is 33.0 Å². The number of esters is 1. The van der Waals surface area contributed by atoms with Crippen molar-refractivity contribution >= 4 is 5.97 Å². The summed E-state index contributed by atoms with van der Waals surface area (Å²) < 4.78 is 72.7. The molecule has 30 heteroatoms. The molecule has 11 aliphatic rings. The van der Waals surface area contributed by atoms with Crippen molar-refractivity contribution in [1.29, 1.82) is 0 Å². The number of aliphatic hydroxyl groups excluding tert-OH is 16. The zero-order valence-electron chi connectivity index (χ0n) is 53.9. The van der Waals surface area contributed by atoms with E-state index in [0.29, 0.717) is 44.9 Å². The number of hydrogen-bond donors (Lipinski definition) is 17. The molecule has 0 aromatic heterocycles. The predicted octanol–water partition coefficient (Wildman–Crippen LogP) is -4.47. The number of rotatable bonds is 14. The monoisotopic (exact) mass is 1340 g/mol. The van der Waals surface area contributed by atoms with Crippen LogP contribution in [0.3, 0.4) is 0 Å². The van der Waals surface area contributed by atoms with Crippen molar-refractivity contribution in [3.63, 3.8) is 0 Å². The van der Waals surface area contributed by atoms with Gasteiger partial charge >= 0.3 is 5.97 Å². The maximum Gasteiger partial charge on any atom is 0.315 e. The van der Waals surface area contributed by atoms with Crippen molar-refractivity contribution in [2.24, 2.45) is 50.7 Å². The fraction of sp³-hybridized carbons (Fsp3) is 0.952. The van der Waals surface area contributed by atoms with E-state index in [1.165, 1.54) is 6.92 Å². The number of carbonyl (C=O) groups excluding carboxylic acids is 1. The lowest BCUT2D eigenvalue weighted by atomic mass is 9.33. The van der Waals surface area contributed by atoms with E-state index in [2.05, 4.69) is 40.7 Å². The normalized spacial score (nSPS) is 55.7. The number of aliphatic hydroxyl groups is 17. The highest BCUT2D eigenvalue weighted by atomic mass is 16.8. The molecule has 0 aromatic carbocycles. The Morgan fingerprint density at radius 3 is 1.74 bits per heavy atom. The molecular formula is C63H102O30. The van der Waals surface area contributed by atoms with Gasteiger partial charge < -0.3 is 144 Å². The molecule has 37 atom stereocenters. The second-order valence-electron chi connectivity index (χ2n) is 30.2. The molecule has 0 radical (unpaired) electrons. The van der Waals surface area contributed by atoms with Crippen LogP contribution < -0.4 is 0 Å². The lowest BCUT2D eigenvalue weighted by Gasteiger charge is -2.72. The van der Waals surface area contributed by atoms with Gasteiger partial charge in [0.05, 0.1) is 56.3 Å². The SMILES string of the molecule is C[C@@H]1O[C@@H](O[C@H]2[C@H](OC(=O)[C@]34CC[C@@H](C)[C@@](C)(O)[C@@H]3C3=CC[C@@H]5[C@@]6(C)CC[C@H](O[C@@H]7OC[C@H](O)[C@H](O[C@@H]8O[C@H](CO)[C@@H](O)[C@H](O)[C@H]8O)[C@H]7O[C@@H]7OC[C@H](O)[C@H](O)[C@H]7O)C(C)(C)[C@H]6CC[C@@]5(C)[C@]3(C)CC4)O[C@H](CO[C@@H]3OC[C@@H](O)[C@H](O)[C@H]3O)[C@@H](O)[C@@H]2O)[C@H](O)[C@H](O)[C@H]1O. The molecule has 0 unspecified atom stereocenters. The zero-order valence-corrected chi connectivity index (χ0v) is 53.9. The van der Waals surface area contributed by atoms with Gasteiger partial charge in [-0.2, -0.15) is 0 Å². The molecule has 0 spiro atoms. The molecule has 0 aromatic rings. The topological polar surface area (TPSA) is 472 Å². The third kappa shape index (κ3) is 12.2. The minimum Gasteiger partial charge on any atom is -0.432 e. The van der Waals surface area contributed by atoms with Crippen LogP contribution in [0, 0.1) is 50.7 Å². The molecule has 0 bridgehead atoms. The van der Waals surface area contributed by atoms with E-state index < -0.39 is 244 Å². The van der Waals surface area contributed by atoms with Crippen LogP contribution in [0.15, 0.2) is 11.6 Å². The van der Waals surface area contributed by atoms with Crippen molar-refractivity contribution in [3.8, 4) is 0 Å². The molecule has 17 N–H and O–H groups in total. The Hall–Kier alpha value is -1.91. The van der Waals surface area contributed by atoms with Gasteiger partial charge in [-0.25, -0.2) is 0 Å². The van der Waals surface area contributed by atoms with Crippen LogP contribution >= 0.6 is 0 Å². The van der Waals surface area contributed by atoms with Crippen LogP contribution in [0.2, 0.25) is 0 Å². The van der Waals surface area contributed by atoms with Gasteiger partial charge in [-0.1, -0.05) is 53.2 Å². The Kier molecular flexibility index (Phi) is 20.9. The highest BCUT2D eigenvalue weighted by Gasteiger charge is 2.72. The maximum atomic E-state index is 15.8. The van der Waals surface area contributed by atoms with E-state index >= 15 is 4.79 Å². The van der Waals surface area contributed by atoms with E-state index in [1.807, 2.05) is 6.92 Å². The van der Waals surface area contributed by atoms with E-state index in [1.54, 1.807) is 6.92 Å². The number of carbonyl (C=O) groups is 1. The summed E-state index contributed by atoms with van der Waals surface area (Å²) >= 11 is 0. The summed E-state index contributed by atoms with van der Waals surface area (Å²) in [4.78, 5) is 15.8. The number of ether oxygens (including phenoxy) is 12. The molecule has 93 heavy (non-hydrogen) atoms. The second-order valence-corrected chi connectivity index (χ2v) is 30.2. The first-order valence-electron chi connectivity index (χ1n) is 33.1. The average Bonchev–Trinajstić information content (AvgIpc) is 0.672. The molecule has 534 valence electrons. The van der Waals surface area contributed by atoms with Gasteiger partial charge in [0.1, 0.15) is 116 Å². The molecule has 6 saturated heterocycles. The van der Waals surface area contributed by atoms with E-state index in [4.69, 9.17) is 56.8 Å². The van der Waals surface area contributed by atoms with Crippen molar-refractivity contribution in [1.82, 2.24) is 0 Å². The first kappa shape index (κ1) is 72.3. The number of hydrogen-bond acceptors (Lipinski definition) is 30. The summed E-state index contributed by atoms with van der Waals surface area (Å²) in [6.07, 6.45) is -38.4. The average molecular weight is 1340 g/mol. The molecule has 6 heterocycles. The molecular weight excluding hydrogens is 1240 g/mol. The third-order valence-corrected chi connectivity index (χ3v) is 24.8. The summed E-state index contributed by atoms with van der Waals surface area (Å²) in [7, 11) is 0. The summed E-state index contributed by atoms with van der Waals surface area (Å²) in [5.74, 6) is -1.92. The lowest BCUT2D eigenvalue weighted by Crippen LogP contribution is -2.69.